The summed E-state index contributed by atoms with van der Waals surface area (Å²) in [4.78, 5) is 11.5. The van der Waals surface area contributed by atoms with Crippen molar-refractivity contribution in [1.82, 2.24) is 20.8 Å². The number of carbonyl (C=O) groups excluding carboxylic acids is 1. The van der Waals surface area contributed by atoms with Gasteiger partial charge in [-0.1, -0.05) is 0 Å². The van der Waals surface area contributed by atoms with E-state index in [-0.39, 0.29) is 5.91 Å². The molecule has 2 rings (SSSR count). The van der Waals surface area contributed by atoms with Crippen LogP contribution in [0.25, 0.3) is 0 Å². The summed E-state index contributed by atoms with van der Waals surface area (Å²) in [7, 11) is 0. The molecule has 1 aromatic heterocycles. The Kier molecular flexibility index (Phi) is 3.34. The van der Waals surface area contributed by atoms with Gasteiger partial charge in [-0.05, 0) is 31.9 Å². The number of hydrogen-bond donors (Lipinski definition) is 3. The minimum Gasteiger partial charge on any atom is -0.351 e. The van der Waals surface area contributed by atoms with Gasteiger partial charge in [0, 0.05) is 18.8 Å². The van der Waals surface area contributed by atoms with E-state index in [2.05, 4.69) is 20.8 Å². The zero-order chi connectivity index (χ0) is 10.5. The van der Waals surface area contributed by atoms with Gasteiger partial charge in [-0.3, -0.25) is 9.89 Å². The van der Waals surface area contributed by atoms with Crippen molar-refractivity contribution < 1.29 is 4.79 Å². The average Bonchev–Trinajstić information content (AvgIpc) is 2.90. The second kappa shape index (κ2) is 4.93. The van der Waals surface area contributed by atoms with Gasteiger partial charge in [0.2, 0.25) is 0 Å². The zero-order valence-corrected chi connectivity index (χ0v) is 8.62. The first kappa shape index (κ1) is 10.2. The van der Waals surface area contributed by atoms with Crippen molar-refractivity contribution in [2.24, 2.45) is 0 Å². The number of H-pyrrole nitrogens is 1. The van der Waals surface area contributed by atoms with Crippen LogP contribution in [0.5, 0.6) is 0 Å². The molecule has 1 aliphatic rings. The summed E-state index contributed by atoms with van der Waals surface area (Å²) in [6, 6.07) is 2.25. The van der Waals surface area contributed by atoms with Gasteiger partial charge < -0.3 is 10.6 Å². The van der Waals surface area contributed by atoms with E-state index in [1.807, 2.05) is 0 Å². The molecule has 0 aromatic carbocycles. The van der Waals surface area contributed by atoms with E-state index >= 15 is 0 Å². The molecular formula is C10H16N4O. The lowest BCUT2D eigenvalue weighted by Gasteiger charge is -2.09. The third kappa shape index (κ3) is 2.79. The van der Waals surface area contributed by atoms with Crippen molar-refractivity contribution in [3.63, 3.8) is 0 Å². The van der Waals surface area contributed by atoms with E-state index in [0.717, 1.165) is 19.5 Å². The topological polar surface area (TPSA) is 69.8 Å². The van der Waals surface area contributed by atoms with Crippen molar-refractivity contribution in [3.8, 4) is 0 Å². The number of hydrogen-bond acceptors (Lipinski definition) is 3. The Hall–Kier alpha value is -1.36. The number of carbonyl (C=O) groups is 1. The summed E-state index contributed by atoms with van der Waals surface area (Å²) in [5.74, 6) is -0.0782. The van der Waals surface area contributed by atoms with Crippen LogP contribution in [0.15, 0.2) is 12.3 Å². The van der Waals surface area contributed by atoms with E-state index in [9.17, 15) is 4.79 Å². The van der Waals surface area contributed by atoms with Gasteiger partial charge in [0.25, 0.3) is 5.91 Å². The summed E-state index contributed by atoms with van der Waals surface area (Å²) >= 11 is 0. The van der Waals surface area contributed by atoms with Gasteiger partial charge in [0.15, 0.2) is 0 Å². The Balaban J connectivity index is 1.67. The standard InChI is InChI=1S/C10H16N4O/c15-10(9-4-7-13-14-9)12-6-3-8-2-1-5-11-8/h4,7-8,11H,1-3,5-6H2,(H,12,15)(H,13,14)/t8-/m1/s1. The molecule has 0 radical (unpaired) electrons. The minimum absolute atomic E-state index is 0.0782. The van der Waals surface area contributed by atoms with Gasteiger partial charge in [0.1, 0.15) is 5.69 Å². The molecule has 1 aliphatic heterocycles. The van der Waals surface area contributed by atoms with E-state index in [4.69, 9.17) is 0 Å². The third-order valence-corrected chi connectivity index (χ3v) is 2.69. The van der Waals surface area contributed by atoms with Crippen LogP contribution in [0.3, 0.4) is 0 Å². The minimum atomic E-state index is -0.0782. The average molecular weight is 208 g/mol. The number of aromatic nitrogens is 2. The van der Waals surface area contributed by atoms with Crippen molar-refractivity contribution in [2.75, 3.05) is 13.1 Å². The maximum atomic E-state index is 11.5. The normalized spacial score (nSPS) is 20.4. The molecule has 1 fully saturated rings. The number of aromatic amines is 1. The Morgan fingerprint density at radius 1 is 1.67 bits per heavy atom. The highest BCUT2D eigenvalue weighted by Crippen LogP contribution is 2.07. The maximum absolute atomic E-state index is 11.5. The number of amides is 1. The molecule has 15 heavy (non-hydrogen) atoms. The molecule has 1 saturated heterocycles. The first-order valence-electron chi connectivity index (χ1n) is 5.37. The van der Waals surface area contributed by atoms with E-state index in [0.29, 0.717) is 11.7 Å². The molecule has 0 spiro atoms. The fraction of sp³-hybridized carbons (Fsp3) is 0.600. The molecule has 5 heteroatoms. The molecule has 0 bridgehead atoms. The summed E-state index contributed by atoms with van der Waals surface area (Å²) in [5, 5.41) is 12.6. The fourth-order valence-electron chi connectivity index (χ4n) is 1.84. The van der Waals surface area contributed by atoms with E-state index in [1.165, 1.54) is 12.8 Å². The van der Waals surface area contributed by atoms with Crippen LogP contribution < -0.4 is 10.6 Å². The third-order valence-electron chi connectivity index (χ3n) is 2.69. The predicted molar refractivity (Wildman–Crippen MR) is 56.6 cm³/mol. The first-order valence-corrected chi connectivity index (χ1v) is 5.37. The Morgan fingerprint density at radius 3 is 3.27 bits per heavy atom. The molecule has 0 saturated carbocycles. The number of nitrogens with one attached hydrogen (secondary N) is 3. The molecule has 5 nitrogen and oxygen atoms in total. The van der Waals surface area contributed by atoms with Crippen molar-refractivity contribution in [2.45, 2.75) is 25.3 Å². The summed E-state index contributed by atoms with van der Waals surface area (Å²) in [5.41, 5.74) is 0.523. The SMILES string of the molecule is O=C(NCC[C@H]1CCCN1)c1ccn[nH]1. The highest BCUT2D eigenvalue weighted by atomic mass is 16.1. The Labute approximate surface area is 88.6 Å². The van der Waals surface area contributed by atoms with E-state index in [1.54, 1.807) is 12.3 Å². The van der Waals surface area contributed by atoms with Crippen LogP contribution in [0.4, 0.5) is 0 Å². The fourth-order valence-corrected chi connectivity index (χ4v) is 1.84. The smallest absolute Gasteiger partial charge is 0.269 e. The van der Waals surface area contributed by atoms with Crippen LogP contribution in [0, 0.1) is 0 Å². The van der Waals surface area contributed by atoms with Crippen LogP contribution in [0.1, 0.15) is 29.8 Å². The number of nitrogens with zero attached hydrogens (tertiary/aromatic N) is 1. The van der Waals surface area contributed by atoms with Crippen LogP contribution >= 0.6 is 0 Å². The molecule has 0 unspecified atom stereocenters. The first-order chi connectivity index (χ1) is 7.36. The molecule has 1 aromatic rings. The highest BCUT2D eigenvalue weighted by molar-refractivity contribution is 5.91. The maximum Gasteiger partial charge on any atom is 0.269 e. The van der Waals surface area contributed by atoms with Crippen molar-refractivity contribution >= 4 is 5.91 Å². The summed E-state index contributed by atoms with van der Waals surface area (Å²) in [6.07, 6.45) is 5.05. The summed E-state index contributed by atoms with van der Waals surface area (Å²) < 4.78 is 0. The second-order valence-corrected chi connectivity index (χ2v) is 3.81. The van der Waals surface area contributed by atoms with Crippen molar-refractivity contribution in [1.29, 1.82) is 0 Å². The van der Waals surface area contributed by atoms with Crippen molar-refractivity contribution in [3.05, 3.63) is 18.0 Å². The molecule has 3 N–H and O–H groups in total. The molecule has 82 valence electrons. The van der Waals surface area contributed by atoms with Gasteiger partial charge >= 0.3 is 0 Å². The Bertz CT molecular complexity index is 303. The zero-order valence-electron chi connectivity index (χ0n) is 8.62. The predicted octanol–water partition coefficient (Wildman–Crippen LogP) is 0.282. The lowest BCUT2D eigenvalue weighted by molar-refractivity contribution is 0.0947. The van der Waals surface area contributed by atoms with Gasteiger partial charge in [-0.2, -0.15) is 5.10 Å². The lowest BCUT2D eigenvalue weighted by Crippen LogP contribution is -2.30. The summed E-state index contributed by atoms with van der Waals surface area (Å²) in [6.45, 7) is 1.83. The lowest BCUT2D eigenvalue weighted by atomic mass is 10.1. The molecule has 0 aliphatic carbocycles. The monoisotopic (exact) mass is 208 g/mol. The highest BCUT2D eigenvalue weighted by Gasteiger charge is 2.14. The molecule has 2 heterocycles. The molecule has 1 amide bonds. The van der Waals surface area contributed by atoms with Gasteiger partial charge in [0.05, 0.1) is 0 Å². The quantitative estimate of drug-likeness (QED) is 0.665. The van der Waals surface area contributed by atoms with Crippen LogP contribution in [-0.4, -0.2) is 35.2 Å². The molecule has 1 atom stereocenters. The Morgan fingerprint density at radius 2 is 2.60 bits per heavy atom. The van der Waals surface area contributed by atoms with Crippen LogP contribution in [-0.2, 0) is 0 Å². The number of rotatable bonds is 4. The van der Waals surface area contributed by atoms with Gasteiger partial charge in [-0.25, -0.2) is 0 Å². The molecular weight excluding hydrogens is 192 g/mol. The van der Waals surface area contributed by atoms with Gasteiger partial charge in [-0.15, -0.1) is 0 Å². The van der Waals surface area contributed by atoms with Crippen LogP contribution in [0.2, 0.25) is 0 Å². The van der Waals surface area contributed by atoms with E-state index < -0.39 is 0 Å². The largest absolute Gasteiger partial charge is 0.351 e. The second-order valence-electron chi connectivity index (χ2n) is 3.81.